The van der Waals surface area contributed by atoms with Gasteiger partial charge >= 0.3 is 0 Å². The summed E-state index contributed by atoms with van der Waals surface area (Å²) in [5.41, 5.74) is -0.0793. The molecule has 0 amide bonds. The van der Waals surface area contributed by atoms with E-state index >= 15 is 0 Å². The van der Waals surface area contributed by atoms with E-state index < -0.39 is 15.3 Å². The van der Waals surface area contributed by atoms with Gasteiger partial charge < -0.3 is 0 Å². The second-order valence-corrected chi connectivity index (χ2v) is 8.20. The summed E-state index contributed by atoms with van der Waals surface area (Å²) in [5, 5.41) is 9.26. The molecule has 0 N–H and O–H groups in total. The van der Waals surface area contributed by atoms with Crippen LogP contribution in [0.3, 0.4) is 0 Å². The quantitative estimate of drug-likeness (QED) is 0.765. The van der Waals surface area contributed by atoms with Crippen LogP contribution in [0.2, 0.25) is 0 Å². The van der Waals surface area contributed by atoms with Crippen molar-refractivity contribution in [2.75, 3.05) is 12.0 Å². The second kappa shape index (κ2) is 4.37. The fraction of sp³-hybridized carbons (Fsp3) is 0.917. The van der Waals surface area contributed by atoms with Gasteiger partial charge in [-0.25, -0.2) is 8.42 Å². The molecule has 0 aromatic heterocycles. The van der Waals surface area contributed by atoms with Crippen molar-refractivity contribution < 1.29 is 8.42 Å². The zero-order chi connectivity index (χ0) is 12.4. The number of nitrogens with zero attached hydrogens (tertiary/aromatic N) is 1. The van der Waals surface area contributed by atoms with Gasteiger partial charge in [-0.05, 0) is 37.5 Å². The van der Waals surface area contributed by atoms with Crippen LogP contribution in [0.4, 0.5) is 0 Å². The summed E-state index contributed by atoms with van der Waals surface area (Å²) in [7, 11) is -2.95. The molecule has 0 aromatic carbocycles. The molecule has 0 spiro atoms. The number of hydrogen-bond donors (Lipinski definition) is 0. The highest BCUT2D eigenvalue weighted by Gasteiger charge is 2.38. The maximum atomic E-state index is 11.2. The van der Waals surface area contributed by atoms with E-state index in [2.05, 4.69) is 19.9 Å². The first-order chi connectivity index (χ1) is 7.18. The highest BCUT2D eigenvalue weighted by atomic mass is 32.2. The van der Waals surface area contributed by atoms with Crippen molar-refractivity contribution in [1.82, 2.24) is 0 Å². The monoisotopic (exact) mass is 243 g/mol. The number of hydrogen-bond acceptors (Lipinski definition) is 3. The largest absolute Gasteiger partial charge is 0.229 e. The molecule has 1 fully saturated rings. The fourth-order valence-electron chi connectivity index (χ4n) is 2.20. The molecule has 0 aliphatic heterocycles. The molecule has 16 heavy (non-hydrogen) atoms. The molecule has 0 saturated heterocycles. The van der Waals surface area contributed by atoms with Crippen LogP contribution in [0.1, 0.15) is 46.0 Å². The Morgan fingerprint density at radius 2 is 1.69 bits per heavy atom. The van der Waals surface area contributed by atoms with Crippen molar-refractivity contribution in [3.63, 3.8) is 0 Å². The van der Waals surface area contributed by atoms with Crippen molar-refractivity contribution in [3.05, 3.63) is 0 Å². The number of nitriles is 1. The van der Waals surface area contributed by atoms with E-state index in [0.29, 0.717) is 11.8 Å². The SMILES string of the molecule is CC1(C)CCC(C#N)(CCS(C)(=O)=O)CC1. The lowest BCUT2D eigenvalue weighted by molar-refractivity contribution is 0.143. The molecule has 0 unspecified atom stereocenters. The third-order valence-corrected chi connectivity index (χ3v) is 4.69. The Morgan fingerprint density at radius 1 is 1.19 bits per heavy atom. The zero-order valence-electron chi connectivity index (χ0n) is 10.4. The fourth-order valence-corrected chi connectivity index (χ4v) is 2.97. The summed E-state index contributed by atoms with van der Waals surface area (Å²) in [5.74, 6) is 0.140. The highest BCUT2D eigenvalue weighted by Crippen LogP contribution is 2.46. The summed E-state index contributed by atoms with van der Waals surface area (Å²) in [6.45, 7) is 4.43. The third kappa shape index (κ3) is 3.79. The van der Waals surface area contributed by atoms with E-state index in [-0.39, 0.29) is 5.75 Å². The van der Waals surface area contributed by atoms with E-state index in [1.165, 1.54) is 6.26 Å². The van der Waals surface area contributed by atoms with Gasteiger partial charge in [0.1, 0.15) is 9.84 Å². The highest BCUT2D eigenvalue weighted by molar-refractivity contribution is 7.90. The van der Waals surface area contributed by atoms with Crippen LogP contribution >= 0.6 is 0 Å². The van der Waals surface area contributed by atoms with Crippen molar-refractivity contribution in [3.8, 4) is 6.07 Å². The van der Waals surface area contributed by atoms with Crippen molar-refractivity contribution in [1.29, 1.82) is 5.26 Å². The molecule has 0 aromatic rings. The normalized spacial score (nSPS) is 23.6. The molecule has 0 atom stereocenters. The van der Waals surface area contributed by atoms with E-state index in [0.717, 1.165) is 25.7 Å². The van der Waals surface area contributed by atoms with Gasteiger partial charge in [0.2, 0.25) is 0 Å². The van der Waals surface area contributed by atoms with Gasteiger partial charge in [0.15, 0.2) is 0 Å². The molecule has 92 valence electrons. The van der Waals surface area contributed by atoms with Gasteiger partial charge in [-0.15, -0.1) is 0 Å². The summed E-state index contributed by atoms with van der Waals surface area (Å²) < 4.78 is 22.3. The predicted octanol–water partition coefficient (Wildman–Crippen LogP) is 2.53. The van der Waals surface area contributed by atoms with Gasteiger partial charge in [-0.1, -0.05) is 13.8 Å². The first kappa shape index (κ1) is 13.5. The van der Waals surface area contributed by atoms with Crippen LogP contribution in [0, 0.1) is 22.2 Å². The Morgan fingerprint density at radius 3 is 2.06 bits per heavy atom. The lowest BCUT2D eigenvalue weighted by Gasteiger charge is -2.39. The maximum Gasteiger partial charge on any atom is 0.147 e. The van der Waals surface area contributed by atoms with Crippen LogP contribution < -0.4 is 0 Å². The van der Waals surface area contributed by atoms with Gasteiger partial charge in [0, 0.05) is 6.26 Å². The van der Waals surface area contributed by atoms with Crippen LogP contribution in [0.5, 0.6) is 0 Å². The van der Waals surface area contributed by atoms with Gasteiger partial charge in [-0.2, -0.15) is 5.26 Å². The number of rotatable bonds is 3. The first-order valence-electron chi connectivity index (χ1n) is 5.77. The Bertz CT molecular complexity index is 380. The summed E-state index contributed by atoms with van der Waals surface area (Å²) >= 11 is 0. The molecule has 1 saturated carbocycles. The molecule has 1 aliphatic carbocycles. The molecule has 1 aliphatic rings. The van der Waals surface area contributed by atoms with E-state index in [4.69, 9.17) is 0 Å². The Kier molecular flexibility index (Phi) is 3.69. The van der Waals surface area contributed by atoms with Crippen molar-refractivity contribution >= 4 is 9.84 Å². The summed E-state index contributed by atoms with van der Waals surface area (Å²) in [4.78, 5) is 0. The third-order valence-electron chi connectivity index (χ3n) is 3.75. The lowest BCUT2D eigenvalue weighted by atomic mass is 9.65. The van der Waals surface area contributed by atoms with Crippen molar-refractivity contribution in [2.24, 2.45) is 10.8 Å². The minimum absolute atomic E-state index is 0.140. The topological polar surface area (TPSA) is 57.9 Å². The minimum atomic E-state index is -2.95. The molecule has 1 rings (SSSR count). The van der Waals surface area contributed by atoms with E-state index in [1.807, 2.05) is 0 Å². The Labute approximate surface area is 98.8 Å². The van der Waals surface area contributed by atoms with Crippen LogP contribution in [-0.2, 0) is 9.84 Å². The first-order valence-corrected chi connectivity index (χ1v) is 7.83. The van der Waals surface area contributed by atoms with Gasteiger partial charge in [0.25, 0.3) is 0 Å². The molecule has 4 heteroatoms. The van der Waals surface area contributed by atoms with Gasteiger partial charge in [0.05, 0.1) is 17.2 Å². The van der Waals surface area contributed by atoms with Crippen LogP contribution in [0.15, 0.2) is 0 Å². The minimum Gasteiger partial charge on any atom is -0.229 e. The average molecular weight is 243 g/mol. The standard InChI is InChI=1S/C12H21NO2S/c1-11(2)4-6-12(10-13,7-5-11)8-9-16(3,14)15/h4-9H2,1-3H3. The molecule has 0 radical (unpaired) electrons. The Balaban J connectivity index is 2.65. The van der Waals surface area contributed by atoms with Crippen LogP contribution in [0.25, 0.3) is 0 Å². The van der Waals surface area contributed by atoms with E-state index in [1.54, 1.807) is 0 Å². The molecule has 0 bridgehead atoms. The second-order valence-electron chi connectivity index (χ2n) is 5.94. The average Bonchev–Trinajstić information content (AvgIpc) is 2.16. The van der Waals surface area contributed by atoms with Crippen molar-refractivity contribution in [2.45, 2.75) is 46.0 Å². The smallest absolute Gasteiger partial charge is 0.147 e. The molecular weight excluding hydrogens is 222 g/mol. The molecule has 3 nitrogen and oxygen atoms in total. The maximum absolute atomic E-state index is 11.2. The van der Waals surface area contributed by atoms with Crippen LogP contribution in [-0.4, -0.2) is 20.4 Å². The van der Waals surface area contributed by atoms with E-state index in [9.17, 15) is 13.7 Å². The van der Waals surface area contributed by atoms with Gasteiger partial charge in [-0.3, -0.25) is 0 Å². The summed E-state index contributed by atoms with van der Waals surface area (Å²) in [6.07, 6.45) is 5.45. The lowest BCUT2D eigenvalue weighted by Crippen LogP contribution is -2.31. The molecular formula is C12H21NO2S. The summed E-state index contributed by atoms with van der Waals surface area (Å²) in [6, 6.07) is 2.36. The zero-order valence-corrected chi connectivity index (χ0v) is 11.2. The Hall–Kier alpha value is -0.560. The number of sulfone groups is 1. The molecule has 0 heterocycles. The predicted molar refractivity (Wildman–Crippen MR) is 64.6 cm³/mol.